The van der Waals surface area contributed by atoms with Crippen molar-refractivity contribution in [3.63, 3.8) is 0 Å². The zero-order chi connectivity index (χ0) is 13.1. The monoisotopic (exact) mass is 263 g/mol. The van der Waals surface area contributed by atoms with E-state index in [2.05, 4.69) is 31.2 Å². The van der Waals surface area contributed by atoms with Gasteiger partial charge in [0.05, 0.1) is 17.9 Å². The minimum Gasteiger partial charge on any atom is -0.376 e. The minimum atomic E-state index is 0.156. The predicted molar refractivity (Wildman–Crippen MR) is 76.1 cm³/mol. The number of halogens is 1. The first-order valence-electron chi connectivity index (χ1n) is 6.13. The summed E-state index contributed by atoms with van der Waals surface area (Å²) in [5.41, 5.74) is 2.10. The number of rotatable bonds is 4. The molecule has 1 unspecified atom stereocenters. The van der Waals surface area contributed by atoms with Crippen LogP contribution >= 0.6 is 11.6 Å². The second kappa shape index (κ2) is 5.44. The Labute approximate surface area is 113 Å². The molecule has 0 saturated carbocycles. The van der Waals surface area contributed by atoms with Crippen molar-refractivity contribution in [1.82, 2.24) is 9.78 Å². The summed E-state index contributed by atoms with van der Waals surface area (Å²) >= 11 is 6.18. The first-order valence-corrected chi connectivity index (χ1v) is 6.51. The lowest BCUT2D eigenvalue weighted by Gasteiger charge is -2.15. The van der Waals surface area contributed by atoms with Crippen LogP contribution in [-0.2, 0) is 0 Å². The second-order valence-electron chi connectivity index (χ2n) is 4.69. The highest BCUT2D eigenvalue weighted by Crippen LogP contribution is 2.25. The molecular formula is C14H18ClN3. The molecule has 1 heterocycles. The Hall–Kier alpha value is -1.48. The number of nitrogens with one attached hydrogen (secondary N) is 1. The zero-order valence-electron chi connectivity index (χ0n) is 10.9. The molecule has 1 aromatic heterocycles. The maximum Gasteiger partial charge on any atom is 0.0731 e. The Morgan fingerprint density at radius 1 is 1.22 bits per heavy atom. The fourth-order valence-electron chi connectivity index (χ4n) is 1.85. The van der Waals surface area contributed by atoms with Crippen molar-refractivity contribution in [3.05, 3.63) is 47.2 Å². The van der Waals surface area contributed by atoms with Gasteiger partial charge in [-0.2, -0.15) is 5.10 Å². The number of nitrogens with zero attached hydrogens (tertiary/aromatic N) is 2. The maximum absolute atomic E-state index is 6.18. The molecule has 1 aromatic carbocycles. The van der Waals surface area contributed by atoms with Crippen molar-refractivity contribution in [2.24, 2.45) is 0 Å². The summed E-state index contributed by atoms with van der Waals surface area (Å²) in [4.78, 5) is 0. The van der Waals surface area contributed by atoms with E-state index in [1.807, 2.05) is 41.3 Å². The van der Waals surface area contributed by atoms with E-state index in [0.717, 1.165) is 16.3 Å². The summed E-state index contributed by atoms with van der Waals surface area (Å²) in [5, 5.41) is 8.50. The smallest absolute Gasteiger partial charge is 0.0731 e. The van der Waals surface area contributed by atoms with E-state index in [1.165, 1.54) is 0 Å². The summed E-state index contributed by atoms with van der Waals surface area (Å²) < 4.78 is 1.93. The second-order valence-corrected chi connectivity index (χ2v) is 5.10. The van der Waals surface area contributed by atoms with Crippen LogP contribution in [0.3, 0.4) is 0 Å². The van der Waals surface area contributed by atoms with Crippen LogP contribution in [0, 0.1) is 0 Å². The fourth-order valence-corrected chi connectivity index (χ4v) is 2.15. The van der Waals surface area contributed by atoms with Gasteiger partial charge in [0.1, 0.15) is 0 Å². The van der Waals surface area contributed by atoms with Gasteiger partial charge in [0.25, 0.3) is 0 Å². The number of hydrogen-bond acceptors (Lipinski definition) is 2. The summed E-state index contributed by atoms with van der Waals surface area (Å²) in [6.45, 7) is 6.30. The average molecular weight is 264 g/mol. The van der Waals surface area contributed by atoms with Crippen LogP contribution in [0.4, 0.5) is 5.69 Å². The molecule has 1 N–H and O–H groups in total. The van der Waals surface area contributed by atoms with Gasteiger partial charge < -0.3 is 5.32 Å². The van der Waals surface area contributed by atoms with Crippen molar-refractivity contribution in [2.75, 3.05) is 5.32 Å². The third kappa shape index (κ3) is 2.85. The Kier molecular flexibility index (Phi) is 3.92. The molecule has 0 fully saturated rings. The normalized spacial score (nSPS) is 12.7. The lowest BCUT2D eigenvalue weighted by atomic mass is 10.1. The predicted octanol–water partition coefficient (Wildman–Crippen LogP) is 4.29. The van der Waals surface area contributed by atoms with Crippen molar-refractivity contribution in [2.45, 2.75) is 32.9 Å². The Bertz CT molecular complexity index is 519. The molecule has 0 spiro atoms. The van der Waals surface area contributed by atoms with E-state index in [9.17, 15) is 0 Å². The van der Waals surface area contributed by atoms with E-state index in [-0.39, 0.29) is 6.04 Å². The maximum atomic E-state index is 6.18. The lowest BCUT2D eigenvalue weighted by molar-refractivity contribution is 0.532. The molecule has 2 aromatic rings. The molecule has 0 amide bonds. The Morgan fingerprint density at radius 3 is 2.56 bits per heavy atom. The Morgan fingerprint density at radius 2 is 1.94 bits per heavy atom. The van der Waals surface area contributed by atoms with E-state index < -0.39 is 0 Å². The molecule has 96 valence electrons. The minimum absolute atomic E-state index is 0.156. The van der Waals surface area contributed by atoms with Crippen LogP contribution in [0.25, 0.3) is 0 Å². The van der Waals surface area contributed by atoms with E-state index >= 15 is 0 Å². The number of benzene rings is 1. The molecule has 18 heavy (non-hydrogen) atoms. The Balaban J connectivity index is 2.11. The first-order chi connectivity index (χ1) is 8.58. The van der Waals surface area contributed by atoms with Crippen LogP contribution in [-0.4, -0.2) is 9.78 Å². The third-order valence-electron chi connectivity index (χ3n) is 2.89. The number of aromatic nitrogens is 2. The average Bonchev–Trinajstić information content (AvgIpc) is 2.78. The van der Waals surface area contributed by atoms with Gasteiger partial charge in [-0.3, -0.25) is 4.68 Å². The van der Waals surface area contributed by atoms with Gasteiger partial charge in [0.15, 0.2) is 0 Å². The van der Waals surface area contributed by atoms with Crippen molar-refractivity contribution in [3.8, 4) is 0 Å². The van der Waals surface area contributed by atoms with Gasteiger partial charge >= 0.3 is 0 Å². The van der Waals surface area contributed by atoms with Gasteiger partial charge in [-0.1, -0.05) is 29.8 Å². The first kappa shape index (κ1) is 13.0. The van der Waals surface area contributed by atoms with Gasteiger partial charge in [-0.25, -0.2) is 0 Å². The number of hydrogen-bond donors (Lipinski definition) is 1. The van der Waals surface area contributed by atoms with Crippen LogP contribution in [0.1, 0.15) is 38.4 Å². The lowest BCUT2D eigenvalue weighted by Crippen LogP contribution is -2.06. The molecule has 0 bridgehead atoms. The van der Waals surface area contributed by atoms with Crippen LogP contribution in [0.15, 0.2) is 36.7 Å². The van der Waals surface area contributed by atoms with Gasteiger partial charge in [-0.05, 0) is 32.4 Å². The van der Waals surface area contributed by atoms with Crippen molar-refractivity contribution < 1.29 is 0 Å². The molecule has 1 atom stereocenters. The molecule has 3 nitrogen and oxygen atoms in total. The molecule has 0 radical (unpaired) electrons. The van der Waals surface area contributed by atoms with Gasteiger partial charge in [0.2, 0.25) is 0 Å². The molecule has 2 rings (SSSR count). The van der Waals surface area contributed by atoms with Gasteiger partial charge in [0, 0.05) is 17.3 Å². The topological polar surface area (TPSA) is 29.9 Å². The highest BCUT2D eigenvalue weighted by atomic mass is 35.5. The molecule has 4 heteroatoms. The summed E-state index contributed by atoms with van der Waals surface area (Å²) in [7, 11) is 0. The molecular weight excluding hydrogens is 246 g/mol. The molecule has 0 aliphatic carbocycles. The highest BCUT2D eigenvalue weighted by molar-refractivity contribution is 6.31. The quantitative estimate of drug-likeness (QED) is 0.892. The molecule has 0 aliphatic rings. The largest absolute Gasteiger partial charge is 0.376 e. The summed E-state index contributed by atoms with van der Waals surface area (Å²) in [6, 6.07) is 8.41. The highest BCUT2D eigenvalue weighted by Gasteiger charge is 2.10. The SMILES string of the molecule is CC(Nc1cnn(C(C)C)c1)c1ccccc1Cl. The van der Waals surface area contributed by atoms with E-state index in [1.54, 1.807) is 0 Å². The third-order valence-corrected chi connectivity index (χ3v) is 3.23. The summed E-state index contributed by atoms with van der Waals surface area (Å²) in [6.07, 6.45) is 3.85. The van der Waals surface area contributed by atoms with Crippen LogP contribution in [0.5, 0.6) is 0 Å². The van der Waals surface area contributed by atoms with Crippen LogP contribution in [0.2, 0.25) is 5.02 Å². The van der Waals surface area contributed by atoms with Gasteiger partial charge in [-0.15, -0.1) is 0 Å². The number of anilines is 1. The van der Waals surface area contributed by atoms with Crippen molar-refractivity contribution >= 4 is 17.3 Å². The van der Waals surface area contributed by atoms with E-state index in [0.29, 0.717) is 6.04 Å². The zero-order valence-corrected chi connectivity index (χ0v) is 11.6. The van der Waals surface area contributed by atoms with Crippen molar-refractivity contribution in [1.29, 1.82) is 0 Å². The molecule has 0 saturated heterocycles. The molecule has 0 aliphatic heterocycles. The summed E-state index contributed by atoms with van der Waals surface area (Å²) in [5.74, 6) is 0. The standard InChI is InChI=1S/C14H18ClN3/c1-10(2)18-9-12(8-16-18)17-11(3)13-6-4-5-7-14(13)15/h4-11,17H,1-3H3. The van der Waals surface area contributed by atoms with Crippen LogP contribution < -0.4 is 5.32 Å². The van der Waals surface area contributed by atoms with E-state index in [4.69, 9.17) is 11.6 Å². The fraction of sp³-hybridized carbons (Fsp3) is 0.357.